The second-order valence-electron chi connectivity index (χ2n) is 29.2. The SMILES string of the molecule is [2H]c1c([2H])c([2H])c(-c2cc3c4c(c2)N(c2ccc5c(c2)C(C)(C)CCC5(C)C)c2sc5cc6c(cc5c2B4c2cc4c(cc2N3c2ccc3c(c2)C(C)(C)CCC3(C)C)C(C)(C)CCC4(C)C)C(C)(C)CCC6(C)C)c([2H])c1[2H]. The summed E-state index contributed by atoms with van der Waals surface area (Å²) < 4.78 is 47.5. The van der Waals surface area contributed by atoms with Crippen molar-refractivity contribution in [2.24, 2.45) is 0 Å². The second kappa shape index (κ2) is 15.3. The Morgan fingerprint density at radius 1 is 0.392 bits per heavy atom. The van der Waals surface area contributed by atoms with Crippen molar-refractivity contribution in [1.82, 2.24) is 0 Å². The molecule has 4 aliphatic carbocycles. The molecule has 3 heterocycles. The molecule has 74 heavy (non-hydrogen) atoms. The van der Waals surface area contributed by atoms with Gasteiger partial charge in [0.15, 0.2) is 0 Å². The van der Waals surface area contributed by atoms with Gasteiger partial charge in [-0.3, -0.25) is 0 Å². The van der Waals surface area contributed by atoms with Crippen molar-refractivity contribution in [2.45, 2.75) is 205 Å². The molecule has 6 aliphatic rings. The van der Waals surface area contributed by atoms with Crippen molar-refractivity contribution in [2.75, 3.05) is 9.80 Å². The summed E-state index contributed by atoms with van der Waals surface area (Å²) >= 11 is 1.91. The maximum Gasteiger partial charge on any atom is 0.254 e. The number of hydrogen-bond acceptors (Lipinski definition) is 3. The Kier molecular flexibility index (Phi) is 8.93. The lowest BCUT2D eigenvalue weighted by Gasteiger charge is -2.48. The van der Waals surface area contributed by atoms with Crippen molar-refractivity contribution in [3.63, 3.8) is 0 Å². The largest absolute Gasteiger partial charge is 0.311 e. The Labute approximate surface area is 456 Å². The maximum absolute atomic E-state index is 9.63. The summed E-state index contributed by atoms with van der Waals surface area (Å²) in [4.78, 5) is 5.09. The van der Waals surface area contributed by atoms with Gasteiger partial charge in [-0.25, -0.2) is 0 Å². The average molecular weight is 998 g/mol. The molecule has 0 saturated carbocycles. The van der Waals surface area contributed by atoms with Gasteiger partial charge < -0.3 is 9.80 Å². The van der Waals surface area contributed by atoms with Gasteiger partial charge in [0.05, 0.1) is 11.9 Å². The molecule has 6 aromatic carbocycles. The molecule has 380 valence electrons. The van der Waals surface area contributed by atoms with Gasteiger partial charge in [0.25, 0.3) is 6.71 Å². The monoisotopic (exact) mass is 998 g/mol. The molecule has 0 unspecified atom stereocenters. The van der Waals surface area contributed by atoms with Crippen molar-refractivity contribution in [3.8, 4) is 11.1 Å². The van der Waals surface area contributed by atoms with Gasteiger partial charge in [-0.1, -0.05) is 159 Å². The molecule has 0 radical (unpaired) electrons. The standard InChI is InChI=1S/C70H81BN2S/c1-63(2)26-28-65(5,6)49-36-44(22-24-47(49)63)72-56-40-53-52(68(11,12)31-32-69(53,13)14)39-55(56)71-60-46-38-51-54(70(15,16)33-30-67(51,9)10)41-59(46)74-62(60)73(45-23-25-48-50(37-45)66(7,8)29-27-64(48,3)4)58-35-43(34-57(72)61(58)71)42-20-18-17-19-21-42/h17-25,34-41H,26-33H2,1-16H3/i17D,18D,19D,20D,21D. The van der Waals surface area contributed by atoms with Gasteiger partial charge in [0.1, 0.15) is 0 Å². The smallest absolute Gasteiger partial charge is 0.254 e. The van der Waals surface area contributed by atoms with E-state index in [1.165, 1.54) is 76.0 Å². The predicted molar refractivity (Wildman–Crippen MR) is 322 cm³/mol. The van der Waals surface area contributed by atoms with Gasteiger partial charge in [-0.05, 0) is 227 Å². The molecule has 4 heteroatoms. The van der Waals surface area contributed by atoms with Gasteiger partial charge in [0.2, 0.25) is 0 Å². The first-order chi connectivity index (χ1) is 36.7. The Balaban J connectivity index is 1.23. The highest BCUT2D eigenvalue weighted by molar-refractivity contribution is 7.26. The molecular formula is C70H81BN2S. The van der Waals surface area contributed by atoms with E-state index in [0.29, 0.717) is 5.56 Å². The third-order valence-electron chi connectivity index (χ3n) is 20.6. The minimum atomic E-state index is -0.381. The van der Waals surface area contributed by atoms with Crippen LogP contribution >= 0.6 is 11.3 Å². The minimum absolute atomic E-state index is 0.00819. The van der Waals surface area contributed by atoms with E-state index in [-0.39, 0.29) is 85.8 Å². The molecular weight excluding hydrogens is 912 g/mol. The minimum Gasteiger partial charge on any atom is -0.311 e. The molecule has 0 atom stereocenters. The number of benzene rings is 6. The van der Waals surface area contributed by atoms with Crippen molar-refractivity contribution < 1.29 is 6.85 Å². The first-order valence-corrected chi connectivity index (χ1v) is 29.0. The van der Waals surface area contributed by atoms with Crippen LogP contribution in [-0.2, 0) is 43.3 Å². The van der Waals surface area contributed by atoms with Crippen LogP contribution in [0.3, 0.4) is 0 Å². The van der Waals surface area contributed by atoms with Crippen molar-refractivity contribution >= 4 is 78.0 Å². The van der Waals surface area contributed by atoms with E-state index >= 15 is 0 Å². The summed E-state index contributed by atoms with van der Waals surface area (Å²) in [6.45, 7) is 38.6. The van der Waals surface area contributed by atoms with E-state index in [2.05, 4.69) is 193 Å². The predicted octanol–water partition coefficient (Wildman–Crippen LogP) is 18.0. The lowest BCUT2D eigenvalue weighted by molar-refractivity contribution is 0.332. The van der Waals surface area contributed by atoms with Gasteiger partial charge >= 0.3 is 0 Å². The number of anilines is 6. The average Bonchev–Trinajstić information content (AvgIpc) is 2.50. The van der Waals surface area contributed by atoms with Crippen LogP contribution in [0.15, 0.2) is 103 Å². The second-order valence-corrected chi connectivity index (χ2v) is 30.3. The Morgan fingerprint density at radius 2 is 0.797 bits per heavy atom. The van der Waals surface area contributed by atoms with E-state index < -0.39 is 0 Å². The first kappa shape index (κ1) is 43.1. The fourth-order valence-corrected chi connectivity index (χ4v) is 16.4. The molecule has 0 N–H and O–H groups in total. The van der Waals surface area contributed by atoms with Crippen LogP contribution in [0, 0.1) is 0 Å². The van der Waals surface area contributed by atoms with Crippen LogP contribution < -0.4 is 26.2 Å². The van der Waals surface area contributed by atoms with Gasteiger partial charge in [-0.2, -0.15) is 0 Å². The molecule has 7 aromatic rings. The molecule has 0 bridgehead atoms. The molecule has 2 aliphatic heterocycles. The molecule has 0 amide bonds. The number of fused-ring (bicyclic) bond motifs is 10. The van der Waals surface area contributed by atoms with Crippen LogP contribution in [0.5, 0.6) is 0 Å². The zero-order valence-electron chi connectivity index (χ0n) is 52.5. The number of nitrogens with zero attached hydrogens (tertiary/aromatic N) is 2. The lowest BCUT2D eigenvalue weighted by atomic mass is 9.33. The van der Waals surface area contributed by atoms with Crippen LogP contribution in [0.25, 0.3) is 21.2 Å². The third kappa shape index (κ3) is 6.93. The highest BCUT2D eigenvalue weighted by Gasteiger charge is 2.50. The molecule has 2 nitrogen and oxygen atoms in total. The Morgan fingerprint density at radius 3 is 1.30 bits per heavy atom. The van der Waals surface area contributed by atoms with Crippen molar-refractivity contribution in [3.05, 3.63) is 148 Å². The normalized spacial score (nSPS) is 23.1. The lowest BCUT2D eigenvalue weighted by Crippen LogP contribution is -2.61. The van der Waals surface area contributed by atoms with Crippen molar-refractivity contribution in [1.29, 1.82) is 0 Å². The quantitative estimate of drug-likeness (QED) is 0.163. The van der Waals surface area contributed by atoms with Crippen LogP contribution in [0.2, 0.25) is 0 Å². The first-order valence-electron chi connectivity index (χ1n) is 30.6. The topological polar surface area (TPSA) is 6.48 Å². The van der Waals surface area contributed by atoms with Crippen LogP contribution in [0.4, 0.5) is 33.4 Å². The third-order valence-corrected chi connectivity index (χ3v) is 21.8. The molecule has 13 rings (SSSR count). The fraction of sp³-hybridized carbons (Fsp3) is 0.457. The van der Waals surface area contributed by atoms with E-state index in [4.69, 9.17) is 4.11 Å². The molecule has 1 aromatic heterocycles. The summed E-state index contributed by atoms with van der Waals surface area (Å²) in [6.07, 6.45) is 8.84. The fourth-order valence-electron chi connectivity index (χ4n) is 15.1. The summed E-state index contributed by atoms with van der Waals surface area (Å²) in [7, 11) is 0. The summed E-state index contributed by atoms with van der Waals surface area (Å²) in [5.74, 6) is 0. The van der Waals surface area contributed by atoms with E-state index in [1.54, 1.807) is 0 Å². The van der Waals surface area contributed by atoms with E-state index in [1.807, 2.05) is 11.3 Å². The van der Waals surface area contributed by atoms with Crippen LogP contribution in [-0.4, -0.2) is 6.71 Å². The van der Waals surface area contributed by atoms with E-state index in [9.17, 15) is 2.74 Å². The van der Waals surface area contributed by atoms with Gasteiger partial charge in [0, 0.05) is 33.1 Å². The highest BCUT2D eigenvalue weighted by atomic mass is 32.1. The van der Waals surface area contributed by atoms with E-state index in [0.717, 1.165) is 79.8 Å². The molecule has 0 fully saturated rings. The number of hydrogen-bond donors (Lipinski definition) is 0. The summed E-state index contributed by atoms with van der Waals surface area (Å²) in [5.41, 5.74) is 21.1. The number of rotatable bonds is 3. The molecule has 0 spiro atoms. The van der Waals surface area contributed by atoms with Crippen LogP contribution in [0.1, 0.15) is 214 Å². The summed E-state index contributed by atoms with van der Waals surface area (Å²) in [6, 6.07) is 27.9. The van der Waals surface area contributed by atoms with Gasteiger partial charge in [-0.15, -0.1) is 11.3 Å². The zero-order valence-corrected chi connectivity index (χ0v) is 48.3. The Bertz CT molecular complexity index is 3820. The Hall–Kier alpha value is -5.06. The molecule has 0 saturated heterocycles. The highest BCUT2D eigenvalue weighted by Crippen LogP contribution is 2.57. The zero-order chi connectivity index (χ0) is 56.6. The summed E-state index contributed by atoms with van der Waals surface area (Å²) in [5, 5.41) is 2.51. The number of thiophene rings is 1. The maximum atomic E-state index is 9.63.